The zero-order chi connectivity index (χ0) is 9.42. The van der Waals surface area contributed by atoms with E-state index in [0.717, 1.165) is 0 Å². The van der Waals surface area contributed by atoms with E-state index in [1.807, 2.05) is 0 Å². The molecule has 1 aromatic heterocycles. The van der Waals surface area contributed by atoms with Crippen LogP contribution >= 0.6 is 0 Å². The van der Waals surface area contributed by atoms with Crippen molar-refractivity contribution < 1.29 is 17.6 Å². The summed E-state index contributed by atoms with van der Waals surface area (Å²) in [5, 5.41) is -0.0176. The molecule has 1 heterocycles. The third kappa shape index (κ3) is 1.57. The maximum Gasteiger partial charge on any atom is 0.223 e. The Kier molecular flexibility index (Phi) is 2.05. The zero-order valence-electron chi connectivity index (χ0n) is 6.62. The maximum atomic E-state index is 12.8. The van der Waals surface area contributed by atoms with Crippen LogP contribution in [-0.4, -0.2) is 8.76 Å². The number of halogens is 1. The molecule has 70 valence electrons. The molecule has 5 heteroatoms. The molecule has 0 spiro atoms. The second-order valence-electron chi connectivity index (χ2n) is 2.78. The van der Waals surface area contributed by atoms with E-state index < -0.39 is 11.1 Å². The predicted octanol–water partition coefficient (Wildman–Crippen LogP) is 2.12. The molecule has 0 saturated heterocycles. The molecule has 1 atom stereocenters. The summed E-state index contributed by atoms with van der Waals surface area (Å²) in [5.74, 6) is 0.363. The Bertz CT molecular complexity index is 394. The van der Waals surface area contributed by atoms with Crippen molar-refractivity contribution in [1.82, 2.24) is 0 Å². The maximum absolute atomic E-state index is 12.8. The van der Waals surface area contributed by atoms with Crippen LogP contribution in [-0.2, 0) is 17.5 Å². The number of furan rings is 1. The van der Waals surface area contributed by atoms with Crippen molar-refractivity contribution >= 4 is 17.2 Å². The van der Waals surface area contributed by atoms with Gasteiger partial charge in [-0.1, -0.05) is 0 Å². The van der Waals surface area contributed by atoms with Crippen molar-refractivity contribution in [2.75, 3.05) is 0 Å². The largest absolute Gasteiger partial charge is 0.449 e. The van der Waals surface area contributed by atoms with E-state index >= 15 is 0 Å². The normalized spacial score (nSPS) is 17.8. The van der Waals surface area contributed by atoms with Crippen molar-refractivity contribution in [3.8, 4) is 0 Å². The van der Waals surface area contributed by atoms with Gasteiger partial charge in [-0.2, -0.15) is 0 Å². The first-order valence-electron chi connectivity index (χ1n) is 3.76. The molecule has 0 saturated carbocycles. The lowest BCUT2D eigenvalue weighted by Crippen LogP contribution is -1.91. The van der Waals surface area contributed by atoms with Crippen LogP contribution in [0.5, 0.6) is 0 Å². The molecular weight excluding hydrogens is 195 g/mol. The molecule has 13 heavy (non-hydrogen) atoms. The number of rotatable bonds is 1. The molecule has 1 unspecified atom stereocenters. The lowest BCUT2D eigenvalue weighted by molar-refractivity contribution is 0.402. The lowest BCUT2D eigenvalue weighted by atomic mass is 10.1. The van der Waals surface area contributed by atoms with Crippen LogP contribution in [0, 0.1) is 0 Å². The Morgan fingerprint density at radius 3 is 3.00 bits per heavy atom. The van der Waals surface area contributed by atoms with Gasteiger partial charge in [0, 0.05) is 24.5 Å². The molecule has 0 aromatic carbocycles. The molecule has 1 N–H and O–H groups in total. The fourth-order valence-electron chi connectivity index (χ4n) is 1.29. The Morgan fingerprint density at radius 2 is 2.31 bits per heavy atom. The number of hydrogen-bond acceptors (Lipinski definition) is 2. The highest BCUT2D eigenvalue weighted by Crippen LogP contribution is 2.28. The van der Waals surface area contributed by atoms with E-state index in [1.165, 1.54) is 12.1 Å². The van der Waals surface area contributed by atoms with Crippen LogP contribution in [0.25, 0.3) is 6.08 Å². The van der Waals surface area contributed by atoms with Crippen LogP contribution in [0.15, 0.2) is 21.4 Å². The summed E-state index contributed by atoms with van der Waals surface area (Å²) in [4.78, 5) is 0. The SMILES string of the molecule is O=S(O)c1cc2c(o1)CCC(F)=C2. The van der Waals surface area contributed by atoms with Gasteiger partial charge >= 0.3 is 0 Å². The molecule has 0 aliphatic heterocycles. The molecule has 0 amide bonds. The van der Waals surface area contributed by atoms with Gasteiger partial charge in [-0.25, -0.2) is 8.60 Å². The van der Waals surface area contributed by atoms with Crippen molar-refractivity contribution in [3.05, 3.63) is 23.2 Å². The third-order valence-corrected chi connectivity index (χ3v) is 2.44. The topological polar surface area (TPSA) is 50.4 Å². The highest BCUT2D eigenvalue weighted by atomic mass is 32.2. The van der Waals surface area contributed by atoms with Crippen LogP contribution < -0.4 is 0 Å². The van der Waals surface area contributed by atoms with Crippen LogP contribution in [0.1, 0.15) is 17.7 Å². The van der Waals surface area contributed by atoms with Gasteiger partial charge in [-0.3, -0.25) is 4.55 Å². The summed E-state index contributed by atoms with van der Waals surface area (Å²) in [7, 11) is 0. The Hall–Kier alpha value is -0.940. The molecule has 1 aliphatic carbocycles. The number of aryl methyl sites for hydroxylation is 1. The summed E-state index contributed by atoms with van der Waals surface area (Å²) in [5.41, 5.74) is 0.571. The van der Waals surface area contributed by atoms with Gasteiger partial charge in [-0.15, -0.1) is 0 Å². The molecule has 0 radical (unpaired) electrons. The predicted molar refractivity (Wildman–Crippen MR) is 45.2 cm³/mol. The second kappa shape index (κ2) is 3.08. The summed E-state index contributed by atoms with van der Waals surface area (Å²) >= 11 is -2.12. The van der Waals surface area contributed by atoms with Crippen LogP contribution in [0.4, 0.5) is 4.39 Å². The van der Waals surface area contributed by atoms with E-state index in [0.29, 0.717) is 24.2 Å². The fourth-order valence-corrected chi connectivity index (χ4v) is 1.69. The van der Waals surface area contributed by atoms with E-state index in [1.54, 1.807) is 0 Å². The van der Waals surface area contributed by atoms with Crippen molar-refractivity contribution in [1.29, 1.82) is 0 Å². The Labute approximate surface area is 76.5 Å². The highest BCUT2D eigenvalue weighted by Gasteiger charge is 2.17. The van der Waals surface area contributed by atoms with E-state index in [-0.39, 0.29) is 10.9 Å². The molecule has 3 nitrogen and oxygen atoms in total. The minimum absolute atomic E-state index is 0.0176. The van der Waals surface area contributed by atoms with E-state index in [2.05, 4.69) is 0 Å². The van der Waals surface area contributed by atoms with E-state index in [4.69, 9.17) is 8.97 Å². The van der Waals surface area contributed by atoms with Crippen molar-refractivity contribution in [2.45, 2.75) is 17.9 Å². The fraction of sp³-hybridized carbons (Fsp3) is 0.250. The Morgan fingerprint density at radius 1 is 1.54 bits per heavy atom. The summed E-state index contributed by atoms with van der Waals surface area (Å²) in [6, 6.07) is 1.39. The quantitative estimate of drug-likeness (QED) is 0.709. The lowest BCUT2D eigenvalue weighted by Gasteiger charge is -2.03. The minimum Gasteiger partial charge on any atom is -0.449 e. The van der Waals surface area contributed by atoms with Gasteiger partial charge in [0.25, 0.3) is 0 Å². The Balaban J connectivity index is 2.46. The third-order valence-electron chi connectivity index (χ3n) is 1.89. The molecule has 0 fully saturated rings. The summed E-state index contributed by atoms with van der Waals surface area (Å²) in [6.07, 6.45) is 2.09. The van der Waals surface area contributed by atoms with Gasteiger partial charge < -0.3 is 4.42 Å². The standard InChI is InChI=1S/C8H7FO3S/c9-6-1-2-7-5(3-6)4-8(12-7)13(10)11/h3-4H,1-2H2,(H,10,11). The molecular formula is C8H7FO3S. The number of fused-ring (bicyclic) bond motifs is 1. The van der Waals surface area contributed by atoms with E-state index in [9.17, 15) is 8.60 Å². The first kappa shape index (κ1) is 8.65. The van der Waals surface area contributed by atoms with Crippen LogP contribution in [0.3, 0.4) is 0 Å². The molecule has 2 rings (SSSR count). The van der Waals surface area contributed by atoms with Crippen molar-refractivity contribution in [2.24, 2.45) is 0 Å². The minimum atomic E-state index is -2.12. The van der Waals surface area contributed by atoms with Gasteiger partial charge in [0.2, 0.25) is 16.2 Å². The first-order valence-corrected chi connectivity index (χ1v) is 4.87. The first-order chi connectivity index (χ1) is 6.16. The summed E-state index contributed by atoms with van der Waals surface area (Å²) in [6.45, 7) is 0. The van der Waals surface area contributed by atoms with Crippen molar-refractivity contribution in [3.63, 3.8) is 0 Å². The molecule has 1 aliphatic rings. The smallest absolute Gasteiger partial charge is 0.223 e. The highest BCUT2D eigenvalue weighted by molar-refractivity contribution is 7.79. The second-order valence-corrected chi connectivity index (χ2v) is 3.68. The summed E-state index contributed by atoms with van der Waals surface area (Å²) < 4.78 is 37.1. The van der Waals surface area contributed by atoms with Gasteiger partial charge in [0.05, 0.1) is 0 Å². The van der Waals surface area contributed by atoms with Crippen LogP contribution in [0.2, 0.25) is 0 Å². The average molecular weight is 202 g/mol. The number of allylic oxidation sites excluding steroid dienone is 1. The molecule has 0 bridgehead atoms. The van der Waals surface area contributed by atoms with Gasteiger partial charge in [0.1, 0.15) is 11.6 Å². The molecule has 1 aromatic rings. The monoisotopic (exact) mass is 202 g/mol. The van der Waals surface area contributed by atoms with Gasteiger partial charge in [0.15, 0.2) is 0 Å². The zero-order valence-corrected chi connectivity index (χ0v) is 7.44. The van der Waals surface area contributed by atoms with Gasteiger partial charge in [-0.05, 0) is 6.08 Å². The average Bonchev–Trinajstić information content (AvgIpc) is 2.46. The number of hydrogen-bond donors (Lipinski definition) is 1.